The van der Waals surface area contributed by atoms with E-state index in [4.69, 9.17) is 11.6 Å². The number of imide groups is 1. The number of halogens is 1. The second kappa shape index (κ2) is 4.37. The second-order valence-corrected chi connectivity index (χ2v) is 4.51. The van der Waals surface area contributed by atoms with Crippen molar-refractivity contribution in [2.45, 2.75) is 19.4 Å². The van der Waals surface area contributed by atoms with E-state index in [2.05, 4.69) is 5.32 Å². The molecule has 1 aliphatic rings. The van der Waals surface area contributed by atoms with Crippen molar-refractivity contribution >= 4 is 29.1 Å². The van der Waals surface area contributed by atoms with E-state index in [0.29, 0.717) is 10.7 Å². The van der Waals surface area contributed by atoms with Crippen LogP contribution in [-0.2, 0) is 9.59 Å². The van der Waals surface area contributed by atoms with Gasteiger partial charge >= 0.3 is 0 Å². The van der Waals surface area contributed by atoms with Crippen molar-refractivity contribution in [2.24, 2.45) is 0 Å². The van der Waals surface area contributed by atoms with Gasteiger partial charge in [-0.3, -0.25) is 14.5 Å². The highest BCUT2D eigenvalue weighted by atomic mass is 35.5. The Kier molecular flexibility index (Phi) is 3.07. The smallest absolute Gasteiger partial charge is 0.251 e. The lowest BCUT2D eigenvalue weighted by Crippen LogP contribution is -2.31. The number of amides is 2. The average molecular weight is 253 g/mol. The molecule has 1 aromatic rings. The summed E-state index contributed by atoms with van der Waals surface area (Å²) in [6, 6.07) is 5.04. The molecule has 0 spiro atoms. The second-order valence-electron chi connectivity index (χ2n) is 4.13. The Hall–Kier alpha value is -1.55. The number of likely N-dealkylation sites (tertiary alicyclic amines) is 1. The first-order valence-corrected chi connectivity index (χ1v) is 5.70. The van der Waals surface area contributed by atoms with Crippen LogP contribution < -0.4 is 5.32 Å². The number of hydrogen-bond donors (Lipinski definition) is 1. The highest BCUT2D eigenvalue weighted by Crippen LogP contribution is 2.27. The highest BCUT2D eigenvalue weighted by molar-refractivity contribution is 6.34. The predicted molar refractivity (Wildman–Crippen MR) is 66.0 cm³/mol. The molecule has 0 aliphatic carbocycles. The molecule has 17 heavy (non-hydrogen) atoms. The topological polar surface area (TPSA) is 49.4 Å². The number of nitrogens with zero attached hydrogens (tertiary/aromatic N) is 1. The number of carbonyl (C=O) groups is 2. The summed E-state index contributed by atoms with van der Waals surface area (Å²) in [5.74, 6) is -0.385. The van der Waals surface area contributed by atoms with Crippen LogP contribution in [0, 0.1) is 6.92 Å². The molecule has 1 heterocycles. The molecule has 4 nitrogen and oxygen atoms in total. The molecule has 0 bridgehead atoms. The number of aryl methyl sites for hydroxylation is 1. The van der Waals surface area contributed by atoms with Gasteiger partial charge in [0, 0.05) is 7.05 Å². The van der Waals surface area contributed by atoms with Crippen LogP contribution >= 0.6 is 11.6 Å². The van der Waals surface area contributed by atoms with Crippen molar-refractivity contribution in [3.63, 3.8) is 0 Å². The van der Waals surface area contributed by atoms with Gasteiger partial charge < -0.3 is 5.32 Å². The zero-order valence-corrected chi connectivity index (χ0v) is 10.4. The van der Waals surface area contributed by atoms with E-state index >= 15 is 0 Å². The highest BCUT2D eigenvalue weighted by Gasteiger charge is 2.36. The third-order valence-electron chi connectivity index (χ3n) is 2.90. The third kappa shape index (κ3) is 2.13. The fraction of sp³-hybridized carbons (Fsp3) is 0.333. The molecule has 1 N–H and O–H groups in total. The van der Waals surface area contributed by atoms with Gasteiger partial charge in [-0.25, -0.2) is 0 Å². The van der Waals surface area contributed by atoms with E-state index in [-0.39, 0.29) is 18.2 Å². The maximum Gasteiger partial charge on any atom is 0.251 e. The van der Waals surface area contributed by atoms with Crippen LogP contribution in [-0.4, -0.2) is 29.8 Å². The van der Waals surface area contributed by atoms with Crippen LogP contribution in [0.5, 0.6) is 0 Å². The molecule has 0 radical (unpaired) electrons. The Morgan fingerprint density at radius 1 is 1.41 bits per heavy atom. The SMILES string of the molecule is Cc1cccc(NC2CC(=O)N(C)C2=O)c1Cl. The molecule has 1 atom stereocenters. The van der Waals surface area contributed by atoms with Gasteiger partial charge in [-0.15, -0.1) is 0 Å². The minimum atomic E-state index is -0.508. The van der Waals surface area contributed by atoms with Gasteiger partial charge in [0.2, 0.25) is 5.91 Å². The van der Waals surface area contributed by atoms with Gasteiger partial charge in [-0.1, -0.05) is 23.7 Å². The third-order valence-corrected chi connectivity index (χ3v) is 3.40. The molecule has 1 fully saturated rings. The lowest BCUT2D eigenvalue weighted by Gasteiger charge is -2.14. The van der Waals surface area contributed by atoms with E-state index in [0.717, 1.165) is 10.5 Å². The summed E-state index contributed by atoms with van der Waals surface area (Å²) >= 11 is 6.12. The van der Waals surface area contributed by atoms with E-state index in [9.17, 15) is 9.59 Å². The summed E-state index contributed by atoms with van der Waals surface area (Å²) in [4.78, 5) is 24.2. The molecule has 1 aliphatic heterocycles. The van der Waals surface area contributed by atoms with Crippen LogP contribution in [0.15, 0.2) is 18.2 Å². The average Bonchev–Trinajstić information content (AvgIpc) is 2.53. The summed E-state index contributed by atoms with van der Waals surface area (Å²) < 4.78 is 0. The van der Waals surface area contributed by atoms with Crippen molar-refractivity contribution in [1.29, 1.82) is 0 Å². The number of carbonyl (C=O) groups excluding carboxylic acids is 2. The van der Waals surface area contributed by atoms with E-state index in [1.54, 1.807) is 6.07 Å². The molecule has 2 amide bonds. The maximum atomic E-state index is 11.7. The fourth-order valence-corrected chi connectivity index (χ4v) is 2.00. The predicted octanol–water partition coefficient (Wildman–Crippen LogP) is 1.82. The first kappa shape index (κ1) is 11.9. The molecule has 1 unspecified atom stereocenters. The lowest BCUT2D eigenvalue weighted by atomic mass is 10.2. The Morgan fingerprint density at radius 3 is 2.71 bits per heavy atom. The molecule has 1 aromatic carbocycles. The van der Waals surface area contributed by atoms with Crippen molar-refractivity contribution < 1.29 is 9.59 Å². The van der Waals surface area contributed by atoms with E-state index < -0.39 is 6.04 Å². The quantitative estimate of drug-likeness (QED) is 0.817. The molecule has 0 saturated carbocycles. The minimum Gasteiger partial charge on any atom is -0.372 e. The van der Waals surface area contributed by atoms with Crippen molar-refractivity contribution in [3.8, 4) is 0 Å². The molecule has 5 heteroatoms. The standard InChI is InChI=1S/C12H13ClN2O2/c1-7-4-3-5-8(11(7)13)14-9-6-10(16)15(2)12(9)17/h3-5,9,14H,6H2,1-2H3. The van der Waals surface area contributed by atoms with Crippen LogP contribution in [0.4, 0.5) is 5.69 Å². The van der Waals surface area contributed by atoms with Gasteiger partial charge in [0.15, 0.2) is 0 Å². The normalized spacial score (nSPS) is 19.9. The summed E-state index contributed by atoms with van der Waals surface area (Å²) in [6.45, 7) is 1.89. The number of rotatable bonds is 2. The number of likely N-dealkylation sites (N-methyl/N-ethyl adjacent to an activating group) is 1. The zero-order valence-electron chi connectivity index (χ0n) is 9.66. The number of hydrogen-bond acceptors (Lipinski definition) is 3. The number of anilines is 1. The van der Waals surface area contributed by atoms with Gasteiger partial charge in [0.1, 0.15) is 6.04 Å². The Bertz CT molecular complexity index is 487. The van der Waals surface area contributed by atoms with Gasteiger partial charge in [0.25, 0.3) is 5.91 Å². The number of nitrogens with one attached hydrogen (secondary N) is 1. The Balaban J connectivity index is 2.20. The lowest BCUT2D eigenvalue weighted by molar-refractivity contribution is -0.136. The maximum absolute atomic E-state index is 11.7. The molecule has 0 aromatic heterocycles. The monoisotopic (exact) mass is 252 g/mol. The largest absolute Gasteiger partial charge is 0.372 e. The summed E-state index contributed by atoms with van der Waals surface area (Å²) in [6.07, 6.45) is 0.180. The van der Waals surface area contributed by atoms with Crippen molar-refractivity contribution in [3.05, 3.63) is 28.8 Å². The summed E-state index contributed by atoms with van der Waals surface area (Å²) in [5, 5.41) is 3.60. The van der Waals surface area contributed by atoms with Crippen LogP contribution in [0.1, 0.15) is 12.0 Å². The first-order valence-electron chi connectivity index (χ1n) is 5.32. The van der Waals surface area contributed by atoms with Crippen LogP contribution in [0.3, 0.4) is 0 Å². The fourth-order valence-electron chi connectivity index (χ4n) is 1.81. The van der Waals surface area contributed by atoms with Crippen LogP contribution in [0.2, 0.25) is 5.02 Å². The molecule has 2 rings (SSSR count). The van der Waals surface area contributed by atoms with Crippen molar-refractivity contribution in [2.75, 3.05) is 12.4 Å². The molecular weight excluding hydrogens is 240 g/mol. The molecular formula is C12H13ClN2O2. The van der Waals surface area contributed by atoms with E-state index in [1.807, 2.05) is 19.1 Å². The van der Waals surface area contributed by atoms with Gasteiger partial charge in [-0.05, 0) is 18.6 Å². The van der Waals surface area contributed by atoms with Gasteiger partial charge in [-0.2, -0.15) is 0 Å². The number of benzene rings is 1. The van der Waals surface area contributed by atoms with E-state index in [1.165, 1.54) is 7.05 Å². The summed E-state index contributed by atoms with van der Waals surface area (Å²) in [5.41, 5.74) is 1.62. The summed E-state index contributed by atoms with van der Waals surface area (Å²) in [7, 11) is 1.49. The minimum absolute atomic E-state index is 0.170. The van der Waals surface area contributed by atoms with Crippen LogP contribution in [0.25, 0.3) is 0 Å². The molecule has 1 saturated heterocycles. The van der Waals surface area contributed by atoms with Crippen molar-refractivity contribution in [1.82, 2.24) is 4.90 Å². The Labute approximate surface area is 105 Å². The van der Waals surface area contributed by atoms with Gasteiger partial charge in [0.05, 0.1) is 17.1 Å². The Morgan fingerprint density at radius 2 is 2.12 bits per heavy atom. The molecule has 90 valence electrons. The zero-order chi connectivity index (χ0) is 12.6. The first-order chi connectivity index (χ1) is 8.00.